The summed E-state index contributed by atoms with van der Waals surface area (Å²) >= 11 is 0. The van der Waals surface area contributed by atoms with Crippen molar-refractivity contribution in [2.45, 2.75) is 52.1 Å². The summed E-state index contributed by atoms with van der Waals surface area (Å²) in [6.07, 6.45) is -2.77. The standard InChI is InChI=1S/C24H26N4O2/c1-5-13-26-20-11-10-17-18(20)7-6-8-19(17)23-27-24(30-28-23)16-9-12-22(29-15(2)3)21(14-16)25-4/h6-9,12,14-15,20,26H,5,10-11,13H2,1-3H3/t20-/m0/s1/i6D,7D,8D,9D,10D2,12D,14D,15D. The molecule has 0 bridgehead atoms. The number of ether oxygens (including phenoxy) is 1. The fraction of sp³-hybridized carbons (Fsp3) is 0.375. The van der Waals surface area contributed by atoms with Crippen LogP contribution in [0.4, 0.5) is 5.69 Å². The fourth-order valence-electron chi connectivity index (χ4n) is 3.11. The summed E-state index contributed by atoms with van der Waals surface area (Å²) in [5.74, 6) is -1.08. The number of aromatic nitrogens is 2. The molecule has 3 aromatic rings. The van der Waals surface area contributed by atoms with Gasteiger partial charge in [-0.3, -0.25) is 0 Å². The van der Waals surface area contributed by atoms with E-state index in [1.165, 1.54) is 13.8 Å². The first-order valence-electron chi connectivity index (χ1n) is 14.1. The van der Waals surface area contributed by atoms with Gasteiger partial charge in [-0.15, -0.1) is 0 Å². The molecule has 0 aliphatic heterocycles. The summed E-state index contributed by atoms with van der Waals surface area (Å²) in [5, 5.41) is 7.07. The fourth-order valence-corrected chi connectivity index (χ4v) is 3.11. The Hall–Kier alpha value is -3.17. The molecule has 4 rings (SSSR count). The van der Waals surface area contributed by atoms with E-state index in [1.807, 2.05) is 6.92 Å². The summed E-state index contributed by atoms with van der Waals surface area (Å²) in [6.45, 7) is 12.8. The van der Waals surface area contributed by atoms with Crippen LogP contribution in [0.15, 0.2) is 40.8 Å². The van der Waals surface area contributed by atoms with Crippen molar-refractivity contribution >= 4 is 5.69 Å². The predicted octanol–water partition coefficient (Wildman–Crippen LogP) is 5.73. The third-order valence-corrected chi connectivity index (χ3v) is 4.42. The average molecular weight is 412 g/mol. The zero-order chi connectivity index (χ0) is 29.0. The smallest absolute Gasteiger partial charge is 0.256 e. The molecule has 0 fully saturated rings. The molecule has 0 spiro atoms. The minimum Gasteiger partial charge on any atom is -0.502 e. The molecule has 1 aliphatic rings. The van der Waals surface area contributed by atoms with E-state index in [0.717, 1.165) is 6.42 Å². The Labute approximate surface area is 189 Å². The van der Waals surface area contributed by atoms with E-state index in [2.05, 4.69) is 20.3 Å². The number of fused-ring (bicyclic) bond motifs is 1. The molecule has 1 aliphatic carbocycles. The number of nitrogens with zero attached hydrogens (tertiary/aromatic N) is 3. The number of benzene rings is 2. The lowest BCUT2D eigenvalue weighted by Crippen LogP contribution is -2.19. The van der Waals surface area contributed by atoms with Crippen molar-refractivity contribution in [1.82, 2.24) is 15.5 Å². The Morgan fingerprint density at radius 3 is 3.07 bits per heavy atom. The second-order valence-electron chi connectivity index (χ2n) is 6.90. The molecule has 0 unspecified atom stereocenters. The van der Waals surface area contributed by atoms with Crippen molar-refractivity contribution in [2.24, 2.45) is 0 Å². The Kier molecular flexibility index (Phi) is 3.44. The molecule has 0 saturated heterocycles. The summed E-state index contributed by atoms with van der Waals surface area (Å²) in [6, 6.07) is -3.35. The van der Waals surface area contributed by atoms with E-state index in [0.29, 0.717) is 6.54 Å². The molecule has 2 aromatic carbocycles. The summed E-state index contributed by atoms with van der Waals surface area (Å²) in [4.78, 5) is 7.49. The molecule has 6 nitrogen and oxygen atoms in total. The Morgan fingerprint density at radius 2 is 2.30 bits per heavy atom. The van der Waals surface area contributed by atoms with Crippen LogP contribution in [0.5, 0.6) is 5.75 Å². The van der Waals surface area contributed by atoms with Crippen molar-refractivity contribution < 1.29 is 21.6 Å². The highest BCUT2D eigenvalue weighted by Crippen LogP contribution is 2.38. The highest BCUT2D eigenvalue weighted by molar-refractivity contribution is 5.70. The zero-order valence-corrected chi connectivity index (χ0v) is 16.9. The summed E-state index contributed by atoms with van der Waals surface area (Å²) in [5.41, 5.74) is -0.618. The highest BCUT2D eigenvalue weighted by atomic mass is 16.5. The highest BCUT2D eigenvalue weighted by Gasteiger charge is 2.26. The topological polar surface area (TPSA) is 64.5 Å². The number of nitrogens with one attached hydrogen (secondary N) is 1. The molecule has 1 N–H and O–H groups in total. The maximum absolute atomic E-state index is 8.67. The lowest BCUT2D eigenvalue weighted by atomic mass is 10.0. The largest absolute Gasteiger partial charge is 0.502 e. The molecule has 1 heterocycles. The summed E-state index contributed by atoms with van der Waals surface area (Å²) < 4.78 is 86.6. The van der Waals surface area contributed by atoms with Gasteiger partial charge in [0, 0.05) is 21.3 Å². The van der Waals surface area contributed by atoms with E-state index < -0.39 is 66.0 Å². The molecule has 0 radical (unpaired) electrons. The predicted molar refractivity (Wildman–Crippen MR) is 117 cm³/mol. The Morgan fingerprint density at radius 1 is 1.43 bits per heavy atom. The van der Waals surface area contributed by atoms with Crippen molar-refractivity contribution in [3.63, 3.8) is 0 Å². The first-order chi connectivity index (χ1) is 18.1. The third kappa shape index (κ3) is 3.94. The summed E-state index contributed by atoms with van der Waals surface area (Å²) in [7, 11) is 0. The third-order valence-electron chi connectivity index (χ3n) is 4.42. The SMILES string of the molecule is [2H]c1c([2H])c(-c2noc(-c3c([2H])c([2H])c(OC([2H])(C)C)c([N+]#[C-])c3[2H])n2)c2c(c1[2H])[C@@H](NCCC)CC2([2H])[2H]. The first kappa shape index (κ1) is 11.9. The number of hydrogen-bond donors (Lipinski definition) is 1. The maximum Gasteiger partial charge on any atom is 0.256 e. The molecule has 1 atom stereocenters. The van der Waals surface area contributed by atoms with Gasteiger partial charge in [-0.25, -0.2) is 4.85 Å². The minimum absolute atomic E-state index is 0.0103. The van der Waals surface area contributed by atoms with Crippen molar-refractivity contribution in [1.29, 1.82) is 0 Å². The van der Waals surface area contributed by atoms with Gasteiger partial charge in [-0.1, -0.05) is 30.2 Å². The monoisotopic (exact) mass is 411 g/mol. The minimum atomic E-state index is -1.98. The lowest BCUT2D eigenvalue weighted by molar-refractivity contribution is 0.244. The molecule has 0 saturated carbocycles. The van der Waals surface area contributed by atoms with E-state index in [1.54, 1.807) is 0 Å². The van der Waals surface area contributed by atoms with Gasteiger partial charge in [0.25, 0.3) is 5.89 Å². The molecular formula is C24H26N4O2. The van der Waals surface area contributed by atoms with Crippen molar-refractivity contribution in [2.75, 3.05) is 6.54 Å². The normalized spacial score (nSPS) is 21.5. The van der Waals surface area contributed by atoms with Gasteiger partial charge in [0.15, 0.2) is 0 Å². The van der Waals surface area contributed by atoms with Gasteiger partial charge in [0.1, 0.15) is 5.75 Å². The van der Waals surface area contributed by atoms with Crippen LogP contribution in [0.3, 0.4) is 0 Å². The lowest BCUT2D eigenvalue weighted by Gasteiger charge is -2.13. The van der Waals surface area contributed by atoms with Gasteiger partial charge < -0.3 is 14.6 Å². The molecule has 1 aromatic heterocycles. The van der Waals surface area contributed by atoms with Crippen molar-refractivity contribution in [3.8, 4) is 28.6 Å². The average Bonchev–Trinajstić information content (AvgIpc) is 3.42. The van der Waals surface area contributed by atoms with Gasteiger partial charge in [0.05, 0.1) is 20.9 Å². The second kappa shape index (κ2) is 8.68. The van der Waals surface area contributed by atoms with Crippen LogP contribution in [0.1, 0.15) is 63.1 Å². The van der Waals surface area contributed by atoms with E-state index in [4.69, 9.17) is 28.2 Å². The molecule has 30 heavy (non-hydrogen) atoms. The van der Waals surface area contributed by atoms with Crippen LogP contribution in [0.2, 0.25) is 0 Å². The van der Waals surface area contributed by atoms with Crippen molar-refractivity contribution in [3.05, 3.63) is 58.8 Å². The maximum atomic E-state index is 8.67. The zero-order valence-electron chi connectivity index (χ0n) is 25.9. The van der Waals surface area contributed by atoms with Crippen LogP contribution >= 0.6 is 0 Å². The van der Waals surface area contributed by atoms with Gasteiger partial charge in [0.2, 0.25) is 11.5 Å². The van der Waals surface area contributed by atoms with Gasteiger partial charge in [-0.05, 0) is 68.9 Å². The first-order valence-corrected chi connectivity index (χ1v) is 9.56. The van der Waals surface area contributed by atoms with Crippen LogP contribution in [-0.2, 0) is 6.37 Å². The van der Waals surface area contributed by atoms with Crippen LogP contribution in [0, 0.1) is 6.57 Å². The second-order valence-corrected chi connectivity index (χ2v) is 6.90. The molecule has 6 heteroatoms. The molecule has 154 valence electrons. The van der Waals surface area contributed by atoms with E-state index >= 15 is 0 Å². The van der Waals surface area contributed by atoms with E-state index in [9.17, 15) is 0 Å². The van der Waals surface area contributed by atoms with Crippen LogP contribution < -0.4 is 10.1 Å². The Bertz CT molecular complexity index is 1510. The van der Waals surface area contributed by atoms with Gasteiger partial charge in [-0.2, -0.15) is 4.98 Å². The molecule has 0 amide bonds. The number of hydrogen-bond acceptors (Lipinski definition) is 5. The molecular weight excluding hydrogens is 376 g/mol. The Balaban J connectivity index is 1.93. The quantitative estimate of drug-likeness (QED) is 0.503. The van der Waals surface area contributed by atoms with E-state index in [-0.39, 0.29) is 40.5 Å². The number of rotatable bonds is 7. The van der Waals surface area contributed by atoms with Crippen LogP contribution in [0.25, 0.3) is 27.7 Å². The van der Waals surface area contributed by atoms with Crippen LogP contribution in [-0.4, -0.2) is 22.8 Å². The van der Waals surface area contributed by atoms with Gasteiger partial charge >= 0.3 is 0 Å².